The molecule has 0 saturated carbocycles. The average molecular weight is 584 g/mol. The van der Waals surface area contributed by atoms with Crippen LogP contribution in [0.3, 0.4) is 0 Å². The molecule has 1 heterocycles. The molecule has 1 N–H and O–H groups in total. The Morgan fingerprint density at radius 2 is 1.68 bits per heavy atom. The van der Waals surface area contributed by atoms with Gasteiger partial charge in [-0.15, -0.1) is 10.2 Å². The van der Waals surface area contributed by atoms with Crippen LogP contribution < -0.4 is 14.9 Å². The van der Waals surface area contributed by atoms with Crippen LogP contribution >= 0.6 is 23.4 Å². The summed E-state index contributed by atoms with van der Waals surface area (Å²) in [7, 11) is 0. The number of nitrogens with one attached hydrogen (secondary N) is 1. The Balaban J connectivity index is 1.26. The number of amides is 1. The molecule has 1 aromatic heterocycles. The fourth-order valence-corrected chi connectivity index (χ4v) is 4.73. The van der Waals surface area contributed by atoms with Gasteiger partial charge in [0.15, 0.2) is 11.0 Å². The van der Waals surface area contributed by atoms with Gasteiger partial charge in [-0.3, -0.25) is 9.36 Å². The number of hydrogen-bond donors (Lipinski definition) is 1. The summed E-state index contributed by atoms with van der Waals surface area (Å²) in [6.45, 7) is 2.52. The van der Waals surface area contributed by atoms with Crippen LogP contribution in [0.4, 0.5) is 0 Å². The van der Waals surface area contributed by atoms with E-state index in [1.165, 1.54) is 11.8 Å². The van der Waals surface area contributed by atoms with Gasteiger partial charge in [-0.2, -0.15) is 5.10 Å². The molecule has 10 heteroatoms. The molecule has 5 aromatic rings. The van der Waals surface area contributed by atoms with Gasteiger partial charge in [0.25, 0.3) is 5.91 Å². The molecule has 8 nitrogen and oxygen atoms in total. The molecule has 1 amide bonds. The van der Waals surface area contributed by atoms with Crippen molar-refractivity contribution in [2.45, 2.75) is 12.1 Å². The second-order valence-electron chi connectivity index (χ2n) is 8.64. The maximum Gasteiger partial charge on any atom is 0.250 e. The van der Waals surface area contributed by atoms with E-state index in [0.29, 0.717) is 28.4 Å². The minimum Gasteiger partial charge on any atom is -0.494 e. The first-order chi connectivity index (χ1) is 20.1. The number of hydrazone groups is 1. The molecule has 0 atom stereocenters. The smallest absolute Gasteiger partial charge is 0.250 e. The number of rotatable bonds is 11. The molecule has 0 aliphatic carbocycles. The number of aromatic nitrogens is 3. The fourth-order valence-electron chi connectivity index (χ4n) is 3.86. The highest BCUT2D eigenvalue weighted by Gasteiger charge is 2.17. The highest BCUT2D eigenvalue weighted by atomic mass is 35.5. The first-order valence-electron chi connectivity index (χ1n) is 12.8. The molecule has 5 rings (SSSR count). The van der Waals surface area contributed by atoms with Crippen LogP contribution in [0, 0.1) is 0 Å². The molecule has 0 bridgehead atoms. The van der Waals surface area contributed by atoms with E-state index in [-0.39, 0.29) is 11.7 Å². The Morgan fingerprint density at radius 3 is 2.44 bits per heavy atom. The van der Waals surface area contributed by atoms with Crippen molar-refractivity contribution in [2.24, 2.45) is 5.10 Å². The lowest BCUT2D eigenvalue weighted by Gasteiger charge is -2.11. The highest BCUT2D eigenvalue weighted by Crippen LogP contribution is 2.29. The number of hydrogen-bond acceptors (Lipinski definition) is 7. The number of thioether (sulfide) groups is 1. The number of para-hydroxylation sites is 1. The van der Waals surface area contributed by atoms with Gasteiger partial charge in [0.1, 0.15) is 17.2 Å². The second kappa shape index (κ2) is 13.6. The Bertz CT molecular complexity index is 1620. The maximum absolute atomic E-state index is 12.6. The van der Waals surface area contributed by atoms with Gasteiger partial charge in [0, 0.05) is 16.3 Å². The van der Waals surface area contributed by atoms with Crippen LogP contribution in [0.1, 0.15) is 12.5 Å². The minimum atomic E-state index is -0.280. The Kier molecular flexibility index (Phi) is 9.30. The van der Waals surface area contributed by atoms with E-state index in [2.05, 4.69) is 20.7 Å². The molecular formula is C31H26ClN5O3S. The summed E-state index contributed by atoms with van der Waals surface area (Å²) < 4.78 is 13.3. The standard InChI is InChI=1S/C31H26ClN5O3S/c1-2-39-26-17-15-25(16-18-26)37-30(23-11-13-24(32)14-12-23)35-36-31(37)41-21-29(38)34-33-20-22-7-6-10-28(19-22)40-27-8-4-3-5-9-27/h3-20H,2,21H2,1H3,(H,34,38)/b33-20-. The van der Waals surface area contributed by atoms with Crippen molar-refractivity contribution in [3.8, 4) is 34.3 Å². The number of halogens is 1. The third-order valence-corrected chi connectivity index (χ3v) is 6.89. The zero-order valence-electron chi connectivity index (χ0n) is 22.1. The van der Waals surface area contributed by atoms with Gasteiger partial charge in [-0.25, -0.2) is 5.43 Å². The summed E-state index contributed by atoms with van der Waals surface area (Å²) in [5.41, 5.74) is 5.04. The zero-order valence-corrected chi connectivity index (χ0v) is 23.7. The van der Waals surface area contributed by atoms with Gasteiger partial charge in [0.05, 0.1) is 18.6 Å². The predicted molar refractivity (Wildman–Crippen MR) is 162 cm³/mol. The van der Waals surface area contributed by atoms with Gasteiger partial charge in [0.2, 0.25) is 0 Å². The summed E-state index contributed by atoms with van der Waals surface area (Å²) in [6, 6.07) is 32.0. The molecule has 0 saturated heterocycles. The van der Waals surface area contributed by atoms with Crippen LogP contribution in [-0.4, -0.2) is 39.2 Å². The van der Waals surface area contributed by atoms with Gasteiger partial charge in [-0.05, 0) is 85.3 Å². The first kappa shape index (κ1) is 27.9. The lowest BCUT2D eigenvalue weighted by atomic mass is 10.2. The minimum absolute atomic E-state index is 0.0876. The number of carbonyl (C=O) groups is 1. The molecule has 4 aromatic carbocycles. The van der Waals surface area contributed by atoms with Crippen molar-refractivity contribution in [3.05, 3.63) is 114 Å². The van der Waals surface area contributed by atoms with E-state index >= 15 is 0 Å². The maximum atomic E-state index is 12.6. The van der Waals surface area contributed by atoms with Crippen molar-refractivity contribution in [1.82, 2.24) is 20.2 Å². The quantitative estimate of drug-likeness (QED) is 0.102. The predicted octanol–water partition coefficient (Wildman–Crippen LogP) is 7.02. The van der Waals surface area contributed by atoms with Gasteiger partial charge >= 0.3 is 0 Å². The summed E-state index contributed by atoms with van der Waals surface area (Å²) >= 11 is 7.35. The van der Waals surface area contributed by atoms with E-state index in [9.17, 15) is 4.79 Å². The highest BCUT2D eigenvalue weighted by molar-refractivity contribution is 7.99. The Hall–Kier alpha value is -4.60. The van der Waals surface area contributed by atoms with E-state index in [1.807, 2.05) is 102 Å². The third-order valence-electron chi connectivity index (χ3n) is 5.71. The first-order valence-corrected chi connectivity index (χ1v) is 14.2. The van der Waals surface area contributed by atoms with E-state index in [1.54, 1.807) is 18.3 Å². The zero-order chi connectivity index (χ0) is 28.4. The van der Waals surface area contributed by atoms with E-state index < -0.39 is 0 Å². The molecule has 41 heavy (non-hydrogen) atoms. The van der Waals surface area contributed by atoms with Crippen molar-refractivity contribution in [3.63, 3.8) is 0 Å². The Morgan fingerprint density at radius 1 is 0.927 bits per heavy atom. The third kappa shape index (κ3) is 7.53. The Labute approximate surface area is 247 Å². The van der Waals surface area contributed by atoms with Gasteiger partial charge in [-0.1, -0.05) is 53.7 Å². The summed E-state index contributed by atoms with van der Waals surface area (Å²) in [4.78, 5) is 12.6. The van der Waals surface area contributed by atoms with Crippen LogP contribution in [0.2, 0.25) is 5.02 Å². The molecule has 206 valence electrons. The lowest BCUT2D eigenvalue weighted by molar-refractivity contribution is -0.118. The van der Waals surface area contributed by atoms with Crippen LogP contribution in [0.5, 0.6) is 17.2 Å². The van der Waals surface area contributed by atoms with Crippen LogP contribution in [0.25, 0.3) is 17.1 Å². The fraction of sp³-hybridized carbons (Fsp3) is 0.0968. The molecule has 0 aliphatic heterocycles. The number of nitrogens with zero attached hydrogens (tertiary/aromatic N) is 4. The summed E-state index contributed by atoms with van der Waals surface area (Å²) in [5.74, 6) is 2.61. The molecule has 0 radical (unpaired) electrons. The molecular weight excluding hydrogens is 558 g/mol. The number of benzene rings is 4. The molecule has 0 fully saturated rings. The normalized spacial score (nSPS) is 11.0. The second-order valence-corrected chi connectivity index (χ2v) is 10.0. The molecule has 0 spiro atoms. The van der Waals surface area contributed by atoms with Crippen LogP contribution in [0.15, 0.2) is 113 Å². The van der Waals surface area contributed by atoms with Crippen molar-refractivity contribution < 1.29 is 14.3 Å². The van der Waals surface area contributed by atoms with Gasteiger partial charge < -0.3 is 9.47 Å². The summed E-state index contributed by atoms with van der Waals surface area (Å²) in [6.07, 6.45) is 1.57. The van der Waals surface area contributed by atoms with Crippen molar-refractivity contribution >= 4 is 35.5 Å². The monoisotopic (exact) mass is 583 g/mol. The van der Waals surface area contributed by atoms with Crippen molar-refractivity contribution in [1.29, 1.82) is 0 Å². The SMILES string of the molecule is CCOc1ccc(-n2c(SCC(=O)N/N=C\c3cccc(Oc4ccccc4)c3)nnc2-c2ccc(Cl)cc2)cc1. The topological polar surface area (TPSA) is 90.6 Å². The van der Waals surface area contributed by atoms with E-state index in [4.69, 9.17) is 21.1 Å². The summed E-state index contributed by atoms with van der Waals surface area (Å²) in [5, 5.41) is 14.1. The molecule has 0 unspecified atom stereocenters. The average Bonchev–Trinajstić information content (AvgIpc) is 3.42. The molecule has 0 aliphatic rings. The largest absolute Gasteiger partial charge is 0.494 e. The number of ether oxygens (including phenoxy) is 2. The van der Waals surface area contributed by atoms with Crippen LogP contribution in [-0.2, 0) is 4.79 Å². The lowest BCUT2D eigenvalue weighted by Crippen LogP contribution is -2.20. The van der Waals surface area contributed by atoms with E-state index in [0.717, 1.165) is 28.3 Å². The van der Waals surface area contributed by atoms with Crippen molar-refractivity contribution in [2.75, 3.05) is 12.4 Å². The number of carbonyl (C=O) groups excluding carboxylic acids is 1.